The minimum absolute atomic E-state index is 0.224. The van der Waals surface area contributed by atoms with E-state index < -0.39 is 22.8 Å². The van der Waals surface area contributed by atoms with Crippen LogP contribution in [0, 0.1) is 19.3 Å². The van der Waals surface area contributed by atoms with Crippen LogP contribution in [-0.2, 0) is 16.6 Å². The number of aromatic nitrogens is 3. The maximum absolute atomic E-state index is 13.2. The number of nitrogens with one attached hydrogen (secondary N) is 1. The van der Waals surface area contributed by atoms with Gasteiger partial charge in [-0.15, -0.1) is 0 Å². The largest absolute Gasteiger partial charge is 0.479 e. The first-order chi connectivity index (χ1) is 12.5. The SMILES string of the molecule is CCOC1CC(NC(=O)c2cc(C)nc3c2c(C)nn3C)(C(=O)O)C1(C)C. The van der Waals surface area contributed by atoms with Crippen LogP contribution < -0.4 is 5.32 Å². The van der Waals surface area contributed by atoms with Crippen molar-refractivity contribution in [1.29, 1.82) is 0 Å². The molecule has 8 heteroatoms. The van der Waals surface area contributed by atoms with Crippen LogP contribution in [0.15, 0.2) is 6.07 Å². The minimum Gasteiger partial charge on any atom is -0.479 e. The fourth-order valence-corrected chi connectivity index (χ4v) is 4.05. The highest BCUT2D eigenvalue weighted by Gasteiger charge is 2.66. The maximum Gasteiger partial charge on any atom is 0.330 e. The molecule has 2 unspecified atom stereocenters. The summed E-state index contributed by atoms with van der Waals surface area (Å²) in [6.07, 6.45) is 0.00643. The predicted octanol–water partition coefficient (Wildman–Crippen LogP) is 1.97. The van der Waals surface area contributed by atoms with Crippen LogP contribution in [0.3, 0.4) is 0 Å². The van der Waals surface area contributed by atoms with Crippen LogP contribution in [0.1, 0.15) is 48.9 Å². The standard InChI is InChI=1S/C19H26N4O4/c1-7-27-13-9-19(17(25)26,18(13,4)5)21-16(24)12-8-10(2)20-15-14(12)11(3)22-23(15)6/h8,13H,7,9H2,1-6H3,(H,21,24)(H,25,26). The van der Waals surface area contributed by atoms with Gasteiger partial charge in [0.2, 0.25) is 0 Å². The van der Waals surface area contributed by atoms with Crippen LogP contribution in [-0.4, -0.2) is 50.0 Å². The number of fused-ring (bicyclic) bond motifs is 1. The molecule has 1 aliphatic rings. The van der Waals surface area contributed by atoms with Gasteiger partial charge in [0.15, 0.2) is 5.65 Å². The van der Waals surface area contributed by atoms with Gasteiger partial charge in [-0.05, 0) is 26.8 Å². The molecule has 3 rings (SSSR count). The first-order valence-corrected chi connectivity index (χ1v) is 9.03. The number of carbonyl (C=O) groups excluding carboxylic acids is 1. The number of aryl methyl sites for hydroxylation is 3. The Balaban J connectivity index is 2.02. The van der Waals surface area contributed by atoms with E-state index in [1.54, 1.807) is 24.7 Å². The molecule has 2 aromatic rings. The van der Waals surface area contributed by atoms with E-state index in [2.05, 4.69) is 15.4 Å². The van der Waals surface area contributed by atoms with Crippen molar-refractivity contribution in [2.45, 2.75) is 52.7 Å². The van der Waals surface area contributed by atoms with Crippen molar-refractivity contribution in [3.8, 4) is 0 Å². The number of carboxylic acid groups (broad SMARTS) is 1. The Morgan fingerprint density at radius 1 is 1.41 bits per heavy atom. The number of aliphatic carboxylic acids is 1. The number of hydrogen-bond donors (Lipinski definition) is 2. The number of rotatable bonds is 5. The quantitative estimate of drug-likeness (QED) is 0.829. The Bertz CT molecular complexity index is 933. The van der Waals surface area contributed by atoms with Crippen LogP contribution in [0.4, 0.5) is 0 Å². The number of nitrogens with zero attached hydrogens (tertiary/aromatic N) is 3. The van der Waals surface area contributed by atoms with Crippen LogP contribution in [0.25, 0.3) is 11.0 Å². The first-order valence-electron chi connectivity index (χ1n) is 9.03. The number of amides is 1. The van der Waals surface area contributed by atoms with E-state index in [4.69, 9.17) is 4.74 Å². The molecule has 1 aliphatic carbocycles. The summed E-state index contributed by atoms with van der Waals surface area (Å²) in [6, 6.07) is 1.67. The zero-order valence-electron chi connectivity index (χ0n) is 16.6. The van der Waals surface area contributed by atoms with Crippen LogP contribution in [0.2, 0.25) is 0 Å². The van der Waals surface area contributed by atoms with Crippen LogP contribution in [0.5, 0.6) is 0 Å². The summed E-state index contributed by atoms with van der Waals surface area (Å²) in [6.45, 7) is 9.60. The molecular weight excluding hydrogens is 348 g/mol. The normalized spacial score (nSPS) is 23.9. The third-order valence-corrected chi connectivity index (χ3v) is 5.80. The van der Waals surface area contributed by atoms with Crippen molar-refractivity contribution < 1.29 is 19.4 Å². The van der Waals surface area contributed by atoms with Crippen molar-refractivity contribution >= 4 is 22.9 Å². The third-order valence-electron chi connectivity index (χ3n) is 5.80. The van der Waals surface area contributed by atoms with Gasteiger partial charge < -0.3 is 15.2 Å². The number of carbonyl (C=O) groups is 2. The number of ether oxygens (including phenoxy) is 1. The van der Waals surface area contributed by atoms with E-state index in [0.29, 0.717) is 34.6 Å². The highest BCUT2D eigenvalue weighted by atomic mass is 16.5. The summed E-state index contributed by atoms with van der Waals surface area (Å²) in [5.74, 6) is -1.49. The molecule has 1 saturated carbocycles. The molecule has 8 nitrogen and oxygen atoms in total. The lowest BCUT2D eigenvalue weighted by Gasteiger charge is -2.58. The lowest BCUT2D eigenvalue weighted by atomic mass is 9.54. The van der Waals surface area contributed by atoms with E-state index in [9.17, 15) is 14.7 Å². The summed E-state index contributed by atoms with van der Waals surface area (Å²) in [5, 5.41) is 17.7. The van der Waals surface area contributed by atoms with Gasteiger partial charge in [-0.3, -0.25) is 9.48 Å². The van der Waals surface area contributed by atoms with Gasteiger partial charge >= 0.3 is 5.97 Å². The summed E-state index contributed by atoms with van der Waals surface area (Å²) in [5.41, 5.74) is 0.204. The van der Waals surface area contributed by atoms with Crippen molar-refractivity contribution in [3.05, 3.63) is 23.0 Å². The van der Waals surface area contributed by atoms with E-state index in [0.717, 1.165) is 0 Å². The zero-order valence-corrected chi connectivity index (χ0v) is 16.6. The van der Waals surface area contributed by atoms with Gasteiger partial charge in [0, 0.05) is 31.2 Å². The predicted molar refractivity (Wildman–Crippen MR) is 99.6 cm³/mol. The van der Waals surface area contributed by atoms with Gasteiger partial charge in [-0.1, -0.05) is 13.8 Å². The van der Waals surface area contributed by atoms with E-state index >= 15 is 0 Å². The summed E-state index contributed by atoms with van der Waals surface area (Å²) < 4.78 is 7.28. The Morgan fingerprint density at radius 3 is 2.63 bits per heavy atom. The number of pyridine rings is 1. The number of hydrogen-bond acceptors (Lipinski definition) is 5. The first kappa shape index (κ1) is 19.3. The van der Waals surface area contributed by atoms with E-state index in [1.807, 2.05) is 27.7 Å². The smallest absolute Gasteiger partial charge is 0.330 e. The molecule has 27 heavy (non-hydrogen) atoms. The van der Waals surface area contributed by atoms with Gasteiger partial charge in [0.05, 0.1) is 22.7 Å². The van der Waals surface area contributed by atoms with Crippen molar-refractivity contribution in [1.82, 2.24) is 20.1 Å². The Kier molecular flexibility index (Phi) is 4.50. The fraction of sp³-hybridized carbons (Fsp3) is 0.579. The molecule has 0 radical (unpaired) electrons. The third kappa shape index (κ3) is 2.70. The van der Waals surface area contributed by atoms with Crippen molar-refractivity contribution in [2.75, 3.05) is 6.61 Å². The zero-order chi connectivity index (χ0) is 20.1. The molecule has 1 amide bonds. The monoisotopic (exact) mass is 374 g/mol. The Hall–Kier alpha value is -2.48. The van der Waals surface area contributed by atoms with E-state index in [-0.39, 0.29) is 12.5 Å². The second-order valence-corrected chi connectivity index (χ2v) is 7.75. The average molecular weight is 374 g/mol. The molecule has 0 aliphatic heterocycles. The second-order valence-electron chi connectivity index (χ2n) is 7.75. The van der Waals surface area contributed by atoms with Crippen molar-refractivity contribution in [2.24, 2.45) is 12.5 Å². The van der Waals surface area contributed by atoms with Crippen LogP contribution >= 0.6 is 0 Å². The highest BCUT2D eigenvalue weighted by Crippen LogP contribution is 2.51. The van der Waals surface area contributed by atoms with Crippen molar-refractivity contribution in [3.63, 3.8) is 0 Å². The minimum atomic E-state index is -1.39. The molecular formula is C19H26N4O4. The maximum atomic E-state index is 13.2. The topological polar surface area (TPSA) is 106 Å². The molecule has 146 valence electrons. The summed E-state index contributed by atoms with van der Waals surface area (Å²) in [7, 11) is 1.77. The molecule has 2 N–H and O–H groups in total. The fourth-order valence-electron chi connectivity index (χ4n) is 4.05. The molecule has 2 atom stereocenters. The molecule has 0 bridgehead atoms. The molecule has 1 fully saturated rings. The highest BCUT2D eigenvalue weighted by molar-refractivity contribution is 6.08. The molecule has 0 saturated heterocycles. The molecule has 2 aromatic heterocycles. The van der Waals surface area contributed by atoms with Gasteiger partial charge in [0.1, 0.15) is 5.54 Å². The average Bonchev–Trinajstić information content (AvgIpc) is 2.86. The Morgan fingerprint density at radius 2 is 2.07 bits per heavy atom. The second kappa shape index (κ2) is 6.30. The molecule has 0 aromatic carbocycles. The lowest BCUT2D eigenvalue weighted by Crippen LogP contribution is -2.76. The summed E-state index contributed by atoms with van der Waals surface area (Å²) >= 11 is 0. The van der Waals surface area contributed by atoms with Gasteiger partial charge in [-0.25, -0.2) is 9.78 Å². The van der Waals surface area contributed by atoms with E-state index in [1.165, 1.54) is 0 Å². The lowest BCUT2D eigenvalue weighted by molar-refractivity contribution is -0.190. The molecule has 2 heterocycles. The van der Waals surface area contributed by atoms with Gasteiger partial charge in [0.25, 0.3) is 5.91 Å². The van der Waals surface area contributed by atoms with Gasteiger partial charge in [-0.2, -0.15) is 5.10 Å². The summed E-state index contributed by atoms with van der Waals surface area (Å²) in [4.78, 5) is 29.7. The number of carboxylic acids is 1. The Labute approximate surface area is 157 Å². The molecule has 0 spiro atoms.